The second kappa shape index (κ2) is 20.4. The maximum Gasteiger partial charge on any atom is 0.107 e. The van der Waals surface area contributed by atoms with Crippen LogP contribution in [0.5, 0.6) is 0 Å². The topological polar surface area (TPSA) is 70.3 Å². The van der Waals surface area contributed by atoms with Crippen LogP contribution in [-0.4, -0.2) is 56.4 Å². The van der Waals surface area contributed by atoms with Crippen LogP contribution in [0.15, 0.2) is 83.3 Å². The van der Waals surface area contributed by atoms with Crippen LogP contribution < -0.4 is 4.90 Å². The zero-order valence-electron chi connectivity index (χ0n) is 21.7. The number of pyridine rings is 1. The van der Waals surface area contributed by atoms with Gasteiger partial charge in [-0.3, -0.25) is 15.0 Å². The van der Waals surface area contributed by atoms with Crippen LogP contribution in [0.4, 0.5) is 5.69 Å². The Morgan fingerprint density at radius 3 is 2.76 bits per heavy atom. The molecule has 0 amide bonds. The number of rotatable bonds is 14. The van der Waals surface area contributed by atoms with E-state index in [1.54, 1.807) is 18.7 Å². The molecule has 0 aromatic carbocycles. The molecule has 0 fully saturated rings. The van der Waals surface area contributed by atoms with E-state index < -0.39 is 0 Å². The van der Waals surface area contributed by atoms with E-state index in [4.69, 9.17) is 9.84 Å². The van der Waals surface area contributed by atoms with Crippen LogP contribution in [-0.2, 0) is 4.74 Å². The first-order valence-electron chi connectivity index (χ1n) is 11.5. The summed E-state index contributed by atoms with van der Waals surface area (Å²) in [4.78, 5) is 15.2. The van der Waals surface area contributed by atoms with Crippen molar-refractivity contribution in [3.8, 4) is 0 Å². The molecule has 1 N–H and O–H groups in total. The molecular weight excluding hydrogens is 424 g/mol. The van der Waals surface area contributed by atoms with Crippen molar-refractivity contribution in [3.63, 3.8) is 0 Å². The minimum atomic E-state index is 0.531. The molecule has 0 spiro atoms. The minimum absolute atomic E-state index is 0.531. The van der Waals surface area contributed by atoms with Gasteiger partial charge in [0.2, 0.25) is 0 Å². The number of aliphatic hydroxyl groups is 1. The van der Waals surface area contributed by atoms with Gasteiger partial charge in [-0.15, -0.1) is 0 Å². The predicted octanol–water partition coefficient (Wildman–Crippen LogP) is 5.89. The summed E-state index contributed by atoms with van der Waals surface area (Å²) in [7, 11) is 3.07. The lowest BCUT2D eigenvalue weighted by Crippen LogP contribution is -2.19. The Morgan fingerprint density at radius 2 is 2.09 bits per heavy atom. The summed E-state index contributed by atoms with van der Waals surface area (Å²) >= 11 is 0. The Balaban J connectivity index is 0.00000529. The van der Waals surface area contributed by atoms with E-state index >= 15 is 0 Å². The monoisotopic (exact) mass is 466 g/mol. The first kappa shape index (κ1) is 30.8. The van der Waals surface area contributed by atoms with E-state index in [0.29, 0.717) is 19.1 Å². The molecule has 0 atom stereocenters. The Bertz CT molecular complexity index is 865. The van der Waals surface area contributed by atoms with Crippen LogP contribution in [0.2, 0.25) is 0 Å². The van der Waals surface area contributed by atoms with Gasteiger partial charge in [0.15, 0.2) is 0 Å². The van der Waals surface area contributed by atoms with Gasteiger partial charge in [-0.1, -0.05) is 38.7 Å². The average Bonchev–Trinajstić information content (AvgIpc) is 2.83. The highest BCUT2D eigenvalue weighted by Crippen LogP contribution is 2.25. The number of hydrogen-bond acceptors (Lipinski definition) is 6. The van der Waals surface area contributed by atoms with E-state index in [2.05, 4.69) is 72.5 Å². The maximum absolute atomic E-state index is 7.00. The second-order valence-electron chi connectivity index (χ2n) is 7.59. The van der Waals surface area contributed by atoms with Crippen molar-refractivity contribution >= 4 is 23.7 Å². The summed E-state index contributed by atoms with van der Waals surface area (Å²) in [5.41, 5.74) is 4.06. The van der Waals surface area contributed by atoms with Gasteiger partial charge in [-0.2, -0.15) is 0 Å². The Hall–Kier alpha value is -3.25. The van der Waals surface area contributed by atoms with Crippen molar-refractivity contribution in [1.29, 1.82) is 0 Å². The first-order valence-corrected chi connectivity index (χ1v) is 11.5. The SMILES string of the molecule is C=C/C(=C\C=C\OCCN=C/C(C)=C\C(C)C)c1ncccc1N(C)CC/C=C\N=CC.CO. The van der Waals surface area contributed by atoms with Gasteiger partial charge >= 0.3 is 0 Å². The highest BCUT2D eigenvalue weighted by Gasteiger charge is 2.09. The first-order chi connectivity index (χ1) is 16.5. The molecule has 0 saturated carbocycles. The molecule has 0 saturated heterocycles. The molecular formula is C28H42N4O2. The number of allylic oxidation sites excluding steroid dienone is 6. The smallest absolute Gasteiger partial charge is 0.107 e. The molecule has 1 rings (SSSR count). The number of nitrogens with zero attached hydrogens (tertiary/aromatic N) is 4. The summed E-state index contributed by atoms with van der Waals surface area (Å²) in [6.07, 6.45) is 19.8. The Labute approximate surface area is 206 Å². The fraction of sp³-hybridized carbons (Fsp3) is 0.393. The van der Waals surface area contributed by atoms with Crippen molar-refractivity contribution in [2.45, 2.75) is 34.1 Å². The number of ether oxygens (including phenoxy) is 1. The number of aliphatic hydroxyl groups excluding tert-OH is 1. The van der Waals surface area contributed by atoms with E-state index in [1.165, 1.54) is 5.57 Å². The average molecular weight is 467 g/mol. The highest BCUT2D eigenvalue weighted by atomic mass is 16.5. The molecule has 0 bridgehead atoms. The number of aromatic nitrogens is 1. The molecule has 1 aromatic heterocycles. The molecule has 1 aromatic rings. The molecule has 6 nitrogen and oxygen atoms in total. The Morgan fingerprint density at radius 1 is 1.32 bits per heavy atom. The molecule has 0 aliphatic carbocycles. The van der Waals surface area contributed by atoms with Crippen LogP contribution in [0, 0.1) is 5.92 Å². The largest absolute Gasteiger partial charge is 0.499 e. The summed E-state index contributed by atoms with van der Waals surface area (Å²) in [6, 6.07) is 4.02. The summed E-state index contributed by atoms with van der Waals surface area (Å²) < 4.78 is 5.55. The van der Waals surface area contributed by atoms with Crippen LogP contribution in [0.3, 0.4) is 0 Å². The summed E-state index contributed by atoms with van der Waals surface area (Å²) in [5, 5.41) is 7.00. The standard InChI is InChI=1S/C27H38N4O.CH4O/c1-7-25(13-12-19-32-20-17-29-22-24(5)21-23(3)4)27-26(14-11-16-30-27)31(6)18-10-9-15-28-8-2;1-2/h7-9,11-16,19,21-23H,1,10,17-18,20H2,2-6H3;2H,1H3/b15-9-,19-12+,24-21-,25-13+,28-8?,29-22?;. The van der Waals surface area contributed by atoms with E-state index in [9.17, 15) is 0 Å². The number of hydrogen-bond donors (Lipinski definition) is 1. The van der Waals surface area contributed by atoms with Gasteiger partial charge in [0.05, 0.1) is 24.2 Å². The third-order valence-corrected chi connectivity index (χ3v) is 4.34. The third kappa shape index (κ3) is 14.0. The van der Waals surface area contributed by atoms with E-state index in [1.807, 2.05) is 43.6 Å². The third-order valence-electron chi connectivity index (χ3n) is 4.34. The normalized spacial score (nSPS) is 12.7. The zero-order valence-corrected chi connectivity index (χ0v) is 21.7. The van der Waals surface area contributed by atoms with Crippen molar-refractivity contribution in [2.75, 3.05) is 38.8 Å². The molecule has 6 heteroatoms. The zero-order chi connectivity index (χ0) is 25.6. The maximum atomic E-state index is 7.00. The molecule has 186 valence electrons. The number of anilines is 1. The van der Waals surface area contributed by atoms with Crippen molar-refractivity contribution < 1.29 is 9.84 Å². The van der Waals surface area contributed by atoms with Gasteiger partial charge in [-0.05, 0) is 56.0 Å². The molecule has 0 unspecified atom stereocenters. The van der Waals surface area contributed by atoms with E-state index in [0.717, 1.165) is 37.0 Å². The molecule has 0 radical (unpaired) electrons. The minimum Gasteiger partial charge on any atom is -0.499 e. The fourth-order valence-electron chi connectivity index (χ4n) is 2.93. The lowest BCUT2D eigenvalue weighted by molar-refractivity contribution is 0.260. The van der Waals surface area contributed by atoms with Crippen molar-refractivity contribution in [1.82, 2.24) is 4.98 Å². The Kier molecular flexibility index (Phi) is 18.4. The van der Waals surface area contributed by atoms with Crippen LogP contribution in [0.1, 0.15) is 39.8 Å². The molecule has 34 heavy (non-hydrogen) atoms. The van der Waals surface area contributed by atoms with Crippen molar-refractivity contribution in [3.05, 3.63) is 79.0 Å². The second-order valence-corrected chi connectivity index (χ2v) is 7.59. The quantitative estimate of drug-likeness (QED) is 0.161. The lowest BCUT2D eigenvalue weighted by atomic mass is 10.1. The van der Waals surface area contributed by atoms with Crippen LogP contribution >= 0.6 is 0 Å². The molecule has 1 heterocycles. The van der Waals surface area contributed by atoms with Crippen LogP contribution in [0.25, 0.3) is 5.57 Å². The fourth-order valence-corrected chi connectivity index (χ4v) is 2.93. The predicted molar refractivity (Wildman–Crippen MR) is 149 cm³/mol. The highest BCUT2D eigenvalue weighted by molar-refractivity contribution is 5.80. The summed E-state index contributed by atoms with van der Waals surface area (Å²) in [6.45, 7) is 14.3. The molecule has 0 aliphatic rings. The number of aliphatic imine (C=N–C) groups is 2. The molecule has 0 aliphatic heterocycles. The summed E-state index contributed by atoms with van der Waals surface area (Å²) in [5.74, 6) is 0.531. The van der Waals surface area contributed by atoms with Crippen molar-refractivity contribution in [2.24, 2.45) is 15.9 Å². The van der Waals surface area contributed by atoms with Gasteiger partial charge in [-0.25, -0.2) is 0 Å². The van der Waals surface area contributed by atoms with Gasteiger partial charge in [0, 0.05) is 51.1 Å². The lowest BCUT2D eigenvalue weighted by Gasteiger charge is -2.21. The van der Waals surface area contributed by atoms with Gasteiger partial charge < -0.3 is 14.7 Å². The van der Waals surface area contributed by atoms with E-state index in [-0.39, 0.29) is 0 Å². The van der Waals surface area contributed by atoms with Gasteiger partial charge in [0.25, 0.3) is 0 Å². The van der Waals surface area contributed by atoms with Gasteiger partial charge in [0.1, 0.15) is 6.61 Å².